The normalized spacial score (nSPS) is 22.0. The Morgan fingerprint density at radius 1 is 0.333 bits per heavy atom. The van der Waals surface area contributed by atoms with Crippen LogP contribution in [-0.2, 0) is 16.2 Å². The van der Waals surface area contributed by atoms with Crippen molar-refractivity contribution >= 4 is 17.1 Å². The largest absolute Gasteiger partial charge is 0.309 e. The van der Waals surface area contributed by atoms with Gasteiger partial charge in [-0.2, -0.15) is 0 Å². The number of para-hydroxylation sites is 1. The molecule has 1 nitrogen and oxygen atoms in total. The van der Waals surface area contributed by atoms with Gasteiger partial charge < -0.3 is 4.90 Å². The highest BCUT2D eigenvalue weighted by molar-refractivity contribution is 6.01. The number of anilines is 3. The lowest BCUT2D eigenvalue weighted by atomic mass is 9.42. The van der Waals surface area contributed by atoms with E-state index in [1.165, 1.54) is 127 Å². The number of benzene rings is 10. The molecular formula is C74H59N. The minimum absolute atomic E-state index is 0.0452. The Bertz CT molecular complexity index is 3870. The van der Waals surface area contributed by atoms with Gasteiger partial charge in [0.1, 0.15) is 0 Å². The molecule has 7 aliphatic carbocycles. The molecule has 360 valence electrons. The first-order chi connectivity index (χ1) is 36.9. The molecular weight excluding hydrogens is 903 g/mol. The zero-order valence-electron chi connectivity index (χ0n) is 42.8. The van der Waals surface area contributed by atoms with Gasteiger partial charge in [0.25, 0.3) is 0 Å². The third-order valence-electron chi connectivity index (χ3n) is 19.7. The number of hydrogen-bond acceptors (Lipinski definition) is 1. The van der Waals surface area contributed by atoms with Crippen molar-refractivity contribution in [3.05, 3.63) is 281 Å². The molecule has 17 rings (SSSR count). The lowest BCUT2D eigenvalue weighted by Gasteiger charge is -2.61. The lowest BCUT2D eigenvalue weighted by molar-refractivity contribution is -0.0397. The molecule has 4 saturated carbocycles. The molecule has 4 bridgehead atoms. The van der Waals surface area contributed by atoms with Crippen LogP contribution in [0.4, 0.5) is 17.1 Å². The van der Waals surface area contributed by atoms with Crippen LogP contribution in [0, 0.1) is 23.7 Å². The molecule has 0 unspecified atom stereocenters. The quantitative estimate of drug-likeness (QED) is 0.161. The van der Waals surface area contributed by atoms with E-state index in [0.29, 0.717) is 11.8 Å². The van der Waals surface area contributed by atoms with Crippen LogP contribution in [0.3, 0.4) is 0 Å². The molecule has 0 amide bonds. The monoisotopic (exact) mass is 961 g/mol. The average Bonchev–Trinajstić information content (AvgIpc) is 4.06. The van der Waals surface area contributed by atoms with Crippen molar-refractivity contribution in [1.29, 1.82) is 0 Å². The standard InChI is InChI=1S/C74H59N/c1-72(2)63-30-11-13-32-65(63)74(66-33-14-12-31-64(66)72)62-29-10-7-25-60(62)70-67(74)34-18-36-69(70)75(68-35-15-8-23-56(68)51-39-37-50(38-40-51)49-19-4-3-5-20-49)55-22-16-21-52(46-55)57-26-17-27-59-58-24-6-9-28-61(58)73(71(57)59)53-42-47-41-48(44-53)45-54(73)43-47/h3-40,46-48,53-54H,41-45H2,1-2H3. The third-order valence-corrected chi connectivity index (χ3v) is 19.7. The Morgan fingerprint density at radius 3 is 1.52 bits per heavy atom. The minimum atomic E-state index is -0.516. The van der Waals surface area contributed by atoms with Crippen molar-refractivity contribution in [3.8, 4) is 55.6 Å². The highest BCUT2D eigenvalue weighted by Gasteiger charge is 2.62. The summed E-state index contributed by atoms with van der Waals surface area (Å²) in [6.45, 7) is 4.83. The van der Waals surface area contributed by atoms with E-state index in [1.807, 2.05) is 0 Å². The van der Waals surface area contributed by atoms with Crippen molar-refractivity contribution in [2.24, 2.45) is 23.7 Å². The lowest BCUT2D eigenvalue weighted by Crippen LogP contribution is -2.55. The van der Waals surface area contributed by atoms with E-state index in [4.69, 9.17) is 0 Å². The number of nitrogens with zero attached hydrogens (tertiary/aromatic N) is 1. The average molecular weight is 962 g/mol. The molecule has 7 aliphatic rings. The summed E-state index contributed by atoms with van der Waals surface area (Å²) < 4.78 is 0. The van der Waals surface area contributed by atoms with E-state index >= 15 is 0 Å². The van der Waals surface area contributed by atoms with Crippen molar-refractivity contribution < 1.29 is 0 Å². The highest BCUT2D eigenvalue weighted by atomic mass is 15.1. The summed E-state index contributed by atoms with van der Waals surface area (Å²) in [6, 6.07) is 90.8. The zero-order chi connectivity index (χ0) is 49.6. The molecule has 0 N–H and O–H groups in total. The van der Waals surface area contributed by atoms with Gasteiger partial charge in [0.05, 0.1) is 16.8 Å². The van der Waals surface area contributed by atoms with Crippen LogP contribution < -0.4 is 4.90 Å². The van der Waals surface area contributed by atoms with E-state index in [0.717, 1.165) is 23.2 Å². The Labute approximate surface area is 442 Å². The Kier molecular flexibility index (Phi) is 9.26. The topological polar surface area (TPSA) is 3.24 Å². The predicted octanol–water partition coefficient (Wildman–Crippen LogP) is 18.9. The number of rotatable bonds is 6. The molecule has 0 radical (unpaired) electrons. The van der Waals surface area contributed by atoms with Crippen LogP contribution in [0.15, 0.2) is 237 Å². The first kappa shape index (κ1) is 43.4. The Morgan fingerprint density at radius 2 is 0.813 bits per heavy atom. The molecule has 0 aliphatic heterocycles. The first-order valence-corrected chi connectivity index (χ1v) is 27.8. The van der Waals surface area contributed by atoms with Crippen LogP contribution in [-0.4, -0.2) is 0 Å². The third kappa shape index (κ3) is 5.85. The molecule has 75 heavy (non-hydrogen) atoms. The fraction of sp³-hybridized carbons (Fsp3) is 0.189. The van der Waals surface area contributed by atoms with E-state index in [-0.39, 0.29) is 10.8 Å². The van der Waals surface area contributed by atoms with Crippen molar-refractivity contribution in [3.63, 3.8) is 0 Å². The molecule has 4 fully saturated rings. The fourth-order valence-electron chi connectivity index (χ4n) is 17.1. The molecule has 0 aromatic heterocycles. The number of hydrogen-bond donors (Lipinski definition) is 0. The fourth-order valence-corrected chi connectivity index (χ4v) is 17.1. The van der Waals surface area contributed by atoms with Gasteiger partial charge >= 0.3 is 0 Å². The summed E-state index contributed by atoms with van der Waals surface area (Å²) >= 11 is 0. The van der Waals surface area contributed by atoms with Gasteiger partial charge in [0.15, 0.2) is 0 Å². The zero-order valence-corrected chi connectivity index (χ0v) is 42.8. The maximum absolute atomic E-state index is 2.62. The van der Waals surface area contributed by atoms with E-state index in [1.54, 1.807) is 11.1 Å². The van der Waals surface area contributed by atoms with Gasteiger partial charge in [-0.25, -0.2) is 0 Å². The van der Waals surface area contributed by atoms with Crippen LogP contribution in [0.1, 0.15) is 90.5 Å². The summed E-state index contributed by atoms with van der Waals surface area (Å²) in [7, 11) is 0. The first-order valence-electron chi connectivity index (χ1n) is 27.8. The summed E-state index contributed by atoms with van der Waals surface area (Å²) in [5.41, 5.74) is 27.3. The van der Waals surface area contributed by atoms with Crippen molar-refractivity contribution in [1.82, 2.24) is 0 Å². The maximum Gasteiger partial charge on any atom is 0.0720 e. The van der Waals surface area contributed by atoms with E-state index in [2.05, 4.69) is 255 Å². The van der Waals surface area contributed by atoms with Gasteiger partial charge in [-0.1, -0.05) is 226 Å². The summed E-state index contributed by atoms with van der Waals surface area (Å²) in [6.07, 6.45) is 6.89. The summed E-state index contributed by atoms with van der Waals surface area (Å²) in [4.78, 5) is 2.62. The molecule has 1 heteroatoms. The molecule has 10 aromatic rings. The van der Waals surface area contributed by atoms with Gasteiger partial charge in [-0.15, -0.1) is 0 Å². The minimum Gasteiger partial charge on any atom is -0.309 e. The second kappa shape index (κ2) is 16.0. The SMILES string of the molecule is CC1(C)c2ccccc2C2(c3ccccc3-c3c(N(c4cccc(-c5cccc6c5C5(c7ccccc7-6)C6CC7CC(C6)CC5C7)c4)c4ccccc4-c4ccc(-c5ccccc5)cc4)cccc32)c2ccccc21. The second-order valence-corrected chi connectivity index (χ2v) is 23.5. The highest BCUT2D eigenvalue weighted by Crippen LogP contribution is 2.71. The van der Waals surface area contributed by atoms with Crippen molar-refractivity contribution in [2.45, 2.75) is 62.2 Å². The smallest absolute Gasteiger partial charge is 0.0720 e. The van der Waals surface area contributed by atoms with Gasteiger partial charge in [-0.3, -0.25) is 0 Å². The van der Waals surface area contributed by atoms with Crippen LogP contribution >= 0.6 is 0 Å². The maximum atomic E-state index is 2.62. The van der Waals surface area contributed by atoms with Gasteiger partial charge in [-0.05, 0) is 169 Å². The van der Waals surface area contributed by atoms with Gasteiger partial charge in [0.2, 0.25) is 0 Å². The van der Waals surface area contributed by atoms with Crippen molar-refractivity contribution in [2.75, 3.05) is 4.90 Å². The van der Waals surface area contributed by atoms with E-state index < -0.39 is 5.41 Å². The predicted molar refractivity (Wildman–Crippen MR) is 310 cm³/mol. The second-order valence-electron chi connectivity index (χ2n) is 23.5. The van der Waals surface area contributed by atoms with Crippen LogP contribution in [0.5, 0.6) is 0 Å². The molecule has 2 spiro atoms. The molecule has 0 saturated heterocycles. The summed E-state index contributed by atoms with van der Waals surface area (Å²) in [5, 5.41) is 0. The van der Waals surface area contributed by atoms with Crippen LogP contribution in [0.2, 0.25) is 0 Å². The Balaban J connectivity index is 0.947. The summed E-state index contributed by atoms with van der Waals surface area (Å²) in [5.74, 6) is 3.12. The van der Waals surface area contributed by atoms with Crippen LogP contribution in [0.25, 0.3) is 55.6 Å². The number of fused-ring (bicyclic) bond motifs is 12. The molecule has 10 aromatic carbocycles. The van der Waals surface area contributed by atoms with E-state index in [9.17, 15) is 0 Å². The van der Waals surface area contributed by atoms with Gasteiger partial charge in [0, 0.05) is 27.6 Å². The molecule has 0 atom stereocenters. The molecule has 0 heterocycles. The Hall–Kier alpha value is -8.00.